The Morgan fingerprint density at radius 2 is 2.05 bits per heavy atom. The first-order valence-corrected chi connectivity index (χ1v) is 6.35. The first-order chi connectivity index (χ1) is 9.04. The average molecular weight is 258 g/mol. The summed E-state index contributed by atoms with van der Waals surface area (Å²) in [5.74, 6) is 0.0362. The quantitative estimate of drug-likeness (QED) is 0.762. The maximum absolute atomic E-state index is 12.4. The molecular weight excluding hydrogens is 240 g/mol. The zero-order valence-corrected chi connectivity index (χ0v) is 11.5. The summed E-state index contributed by atoms with van der Waals surface area (Å²) in [5, 5.41) is 0. The molecule has 1 aliphatic rings. The lowest BCUT2D eigenvalue weighted by Gasteiger charge is -2.30. The summed E-state index contributed by atoms with van der Waals surface area (Å²) >= 11 is 0. The van der Waals surface area contributed by atoms with Crippen LogP contribution >= 0.6 is 0 Å². The Labute approximate surface area is 113 Å². The van der Waals surface area contributed by atoms with E-state index in [4.69, 9.17) is 0 Å². The Kier molecular flexibility index (Phi) is 3.69. The molecule has 0 fully saturated rings. The van der Waals surface area contributed by atoms with Crippen molar-refractivity contribution in [3.63, 3.8) is 0 Å². The SMILES string of the molecule is CCC(=O)N1CC(=CN(C)C)C(=O)c2ccccc21. The monoisotopic (exact) mass is 258 g/mol. The van der Waals surface area contributed by atoms with Crippen LogP contribution in [0.2, 0.25) is 0 Å². The second-order valence-corrected chi connectivity index (χ2v) is 4.80. The molecule has 19 heavy (non-hydrogen) atoms. The highest BCUT2D eigenvalue weighted by Gasteiger charge is 2.29. The first-order valence-electron chi connectivity index (χ1n) is 6.35. The number of Topliss-reactive ketones (excluding diaryl/α,β-unsaturated/α-hetero) is 1. The van der Waals surface area contributed by atoms with Crippen LogP contribution in [0.15, 0.2) is 36.0 Å². The van der Waals surface area contributed by atoms with Crippen LogP contribution in [0, 0.1) is 0 Å². The van der Waals surface area contributed by atoms with E-state index in [1.807, 2.05) is 44.1 Å². The molecule has 0 saturated carbocycles. The molecule has 4 nitrogen and oxygen atoms in total. The number of hydrogen-bond donors (Lipinski definition) is 0. The number of benzene rings is 1. The van der Waals surface area contributed by atoms with Gasteiger partial charge in [-0.05, 0) is 12.1 Å². The fourth-order valence-electron chi connectivity index (χ4n) is 2.23. The third-order valence-corrected chi connectivity index (χ3v) is 3.08. The van der Waals surface area contributed by atoms with Crippen molar-refractivity contribution in [1.82, 2.24) is 4.90 Å². The molecule has 0 unspecified atom stereocenters. The largest absolute Gasteiger partial charge is 0.383 e. The number of carbonyl (C=O) groups is 2. The maximum Gasteiger partial charge on any atom is 0.227 e. The molecule has 0 aliphatic carbocycles. The van der Waals surface area contributed by atoms with Gasteiger partial charge in [-0.15, -0.1) is 0 Å². The molecule has 1 amide bonds. The van der Waals surface area contributed by atoms with Crippen LogP contribution in [0.25, 0.3) is 0 Å². The Morgan fingerprint density at radius 3 is 2.68 bits per heavy atom. The smallest absolute Gasteiger partial charge is 0.227 e. The summed E-state index contributed by atoms with van der Waals surface area (Å²) in [4.78, 5) is 27.9. The summed E-state index contributed by atoms with van der Waals surface area (Å²) in [6, 6.07) is 7.27. The second kappa shape index (κ2) is 5.26. The van der Waals surface area contributed by atoms with Gasteiger partial charge in [0.15, 0.2) is 5.78 Å². The zero-order chi connectivity index (χ0) is 14.0. The summed E-state index contributed by atoms with van der Waals surface area (Å²) in [6.45, 7) is 2.18. The number of anilines is 1. The third-order valence-electron chi connectivity index (χ3n) is 3.08. The third kappa shape index (κ3) is 2.52. The highest BCUT2D eigenvalue weighted by atomic mass is 16.2. The van der Waals surface area contributed by atoms with Crippen LogP contribution in [-0.4, -0.2) is 37.2 Å². The van der Waals surface area contributed by atoms with E-state index in [-0.39, 0.29) is 11.7 Å². The van der Waals surface area contributed by atoms with Gasteiger partial charge in [0.1, 0.15) is 0 Å². The summed E-state index contributed by atoms with van der Waals surface area (Å²) < 4.78 is 0. The highest BCUT2D eigenvalue weighted by Crippen LogP contribution is 2.29. The predicted molar refractivity (Wildman–Crippen MR) is 75.2 cm³/mol. The van der Waals surface area contributed by atoms with Crippen molar-refractivity contribution in [2.75, 3.05) is 25.5 Å². The van der Waals surface area contributed by atoms with Crippen molar-refractivity contribution < 1.29 is 9.59 Å². The minimum Gasteiger partial charge on any atom is -0.383 e. The highest BCUT2D eigenvalue weighted by molar-refractivity contribution is 6.17. The normalized spacial score (nSPS) is 16.5. The number of amides is 1. The molecule has 0 saturated heterocycles. The van der Waals surface area contributed by atoms with Gasteiger partial charge in [0.2, 0.25) is 5.91 Å². The number of rotatable bonds is 2. The van der Waals surface area contributed by atoms with Gasteiger partial charge in [-0.25, -0.2) is 0 Å². The molecular formula is C15H18N2O2. The van der Waals surface area contributed by atoms with E-state index in [0.717, 1.165) is 5.69 Å². The van der Waals surface area contributed by atoms with Crippen molar-refractivity contribution >= 4 is 17.4 Å². The van der Waals surface area contributed by atoms with Gasteiger partial charge >= 0.3 is 0 Å². The predicted octanol–water partition coefficient (Wildman–Crippen LogP) is 2.07. The van der Waals surface area contributed by atoms with Gasteiger partial charge in [0.05, 0.1) is 12.2 Å². The van der Waals surface area contributed by atoms with E-state index >= 15 is 0 Å². The minimum absolute atomic E-state index is 0.00412. The van der Waals surface area contributed by atoms with E-state index < -0.39 is 0 Å². The minimum atomic E-state index is 0.00412. The van der Waals surface area contributed by atoms with Gasteiger partial charge < -0.3 is 9.80 Å². The number of ketones is 1. The van der Waals surface area contributed by atoms with Crippen LogP contribution in [0.3, 0.4) is 0 Å². The van der Waals surface area contributed by atoms with Gasteiger partial charge in [-0.3, -0.25) is 9.59 Å². The van der Waals surface area contributed by atoms with Crippen molar-refractivity contribution in [3.8, 4) is 0 Å². The molecule has 0 radical (unpaired) electrons. The number of nitrogens with zero attached hydrogens (tertiary/aromatic N) is 2. The molecule has 1 heterocycles. The standard InChI is InChI=1S/C15H18N2O2/c1-4-14(18)17-10-11(9-16(2)3)15(19)12-7-5-6-8-13(12)17/h5-9H,4,10H2,1-3H3. The van der Waals surface area contributed by atoms with E-state index in [2.05, 4.69) is 0 Å². The van der Waals surface area contributed by atoms with Crippen LogP contribution < -0.4 is 4.90 Å². The molecule has 0 spiro atoms. The van der Waals surface area contributed by atoms with Crippen molar-refractivity contribution in [2.24, 2.45) is 0 Å². The first kappa shape index (κ1) is 13.3. The van der Waals surface area contributed by atoms with E-state index in [0.29, 0.717) is 24.1 Å². The Bertz CT molecular complexity index is 547. The fraction of sp³-hybridized carbons (Fsp3) is 0.333. The molecule has 100 valence electrons. The molecule has 1 aromatic carbocycles. The summed E-state index contributed by atoms with van der Waals surface area (Å²) in [6.07, 6.45) is 2.21. The molecule has 0 bridgehead atoms. The van der Waals surface area contributed by atoms with Gasteiger partial charge in [-0.2, -0.15) is 0 Å². The fourth-order valence-corrected chi connectivity index (χ4v) is 2.23. The lowest BCUT2D eigenvalue weighted by molar-refractivity contribution is -0.118. The number of para-hydroxylation sites is 1. The van der Waals surface area contributed by atoms with E-state index in [1.165, 1.54) is 0 Å². The molecule has 2 rings (SSSR count). The zero-order valence-electron chi connectivity index (χ0n) is 11.5. The van der Waals surface area contributed by atoms with Crippen LogP contribution in [0.5, 0.6) is 0 Å². The molecule has 4 heteroatoms. The lowest BCUT2D eigenvalue weighted by atomic mass is 9.96. The Hall–Kier alpha value is -2.10. The molecule has 1 aliphatic heterocycles. The van der Waals surface area contributed by atoms with Crippen molar-refractivity contribution in [3.05, 3.63) is 41.6 Å². The lowest BCUT2D eigenvalue weighted by Crippen LogP contribution is -2.39. The Morgan fingerprint density at radius 1 is 1.37 bits per heavy atom. The molecule has 0 atom stereocenters. The van der Waals surface area contributed by atoms with Gasteiger partial charge in [0, 0.05) is 37.9 Å². The number of fused-ring (bicyclic) bond motifs is 1. The van der Waals surface area contributed by atoms with E-state index in [1.54, 1.807) is 17.2 Å². The number of hydrogen-bond acceptors (Lipinski definition) is 3. The summed E-state index contributed by atoms with van der Waals surface area (Å²) in [7, 11) is 3.74. The van der Waals surface area contributed by atoms with Crippen molar-refractivity contribution in [2.45, 2.75) is 13.3 Å². The van der Waals surface area contributed by atoms with Crippen LogP contribution in [0.4, 0.5) is 5.69 Å². The van der Waals surface area contributed by atoms with E-state index in [9.17, 15) is 9.59 Å². The van der Waals surface area contributed by atoms with Gasteiger partial charge in [-0.1, -0.05) is 19.1 Å². The maximum atomic E-state index is 12.4. The van der Waals surface area contributed by atoms with Crippen LogP contribution in [0.1, 0.15) is 23.7 Å². The Balaban J connectivity index is 2.51. The molecule has 1 aromatic rings. The second-order valence-electron chi connectivity index (χ2n) is 4.80. The van der Waals surface area contributed by atoms with Gasteiger partial charge in [0.25, 0.3) is 0 Å². The molecule has 0 N–H and O–H groups in total. The summed E-state index contributed by atoms with van der Waals surface area (Å²) in [5.41, 5.74) is 1.96. The topological polar surface area (TPSA) is 40.6 Å². The average Bonchev–Trinajstić information content (AvgIpc) is 2.40. The van der Waals surface area contributed by atoms with Crippen molar-refractivity contribution in [1.29, 1.82) is 0 Å². The number of carbonyl (C=O) groups excluding carboxylic acids is 2. The molecule has 0 aromatic heterocycles. The van der Waals surface area contributed by atoms with Crippen LogP contribution in [-0.2, 0) is 4.79 Å².